The summed E-state index contributed by atoms with van der Waals surface area (Å²) in [5.41, 5.74) is -0.0463. The molecule has 32 heavy (non-hydrogen) atoms. The average molecular weight is 467 g/mol. The van der Waals surface area contributed by atoms with Crippen LogP contribution in [0.25, 0.3) is 17.5 Å². The molecule has 0 fully saturated rings. The predicted molar refractivity (Wildman–Crippen MR) is 110 cm³/mol. The lowest BCUT2D eigenvalue weighted by Gasteiger charge is -2.13. The van der Waals surface area contributed by atoms with Gasteiger partial charge in [0.25, 0.3) is 0 Å². The molecule has 3 rings (SSSR count). The number of esters is 1. The molecule has 166 valence electrons. The summed E-state index contributed by atoms with van der Waals surface area (Å²) in [4.78, 5) is 23.7. The molecule has 0 saturated carbocycles. The quantitative estimate of drug-likeness (QED) is 0.379. The number of halogens is 4. The monoisotopic (exact) mass is 466 g/mol. The molecule has 0 atom stereocenters. The number of methoxy groups -OCH3 is 1. The number of hydrogen-bond acceptors (Lipinski definition) is 6. The number of aromatic nitrogens is 4. The molecule has 2 aromatic carbocycles. The third-order valence-corrected chi connectivity index (χ3v) is 4.35. The molecule has 3 N–H and O–H groups in total. The number of carbonyl (C=O) groups excluding carboxylic acids is 2. The van der Waals surface area contributed by atoms with Crippen LogP contribution in [0.1, 0.15) is 11.1 Å². The molecule has 0 radical (unpaired) electrons. The van der Waals surface area contributed by atoms with E-state index in [2.05, 4.69) is 36.0 Å². The minimum atomic E-state index is -4.68. The van der Waals surface area contributed by atoms with Crippen molar-refractivity contribution in [3.05, 3.63) is 58.6 Å². The summed E-state index contributed by atoms with van der Waals surface area (Å²) < 4.78 is 43.6. The largest absolute Gasteiger partial charge is 0.466 e. The van der Waals surface area contributed by atoms with Crippen LogP contribution >= 0.6 is 11.6 Å². The highest BCUT2D eigenvalue weighted by Crippen LogP contribution is 2.36. The summed E-state index contributed by atoms with van der Waals surface area (Å²) in [6.07, 6.45) is -2.00. The molecule has 9 nitrogen and oxygen atoms in total. The number of ether oxygens (including phenoxy) is 1. The minimum absolute atomic E-state index is 0.113. The van der Waals surface area contributed by atoms with Crippen LogP contribution in [-0.4, -0.2) is 39.7 Å². The third kappa shape index (κ3) is 5.60. The van der Waals surface area contributed by atoms with Gasteiger partial charge in [0.2, 0.25) is 5.82 Å². The molecule has 0 bridgehead atoms. The molecule has 0 saturated heterocycles. The molecule has 3 aromatic rings. The van der Waals surface area contributed by atoms with E-state index in [4.69, 9.17) is 11.6 Å². The van der Waals surface area contributed by atoms with Gasteiger partial charge < -0.3 is 15.4 Å². The van der Waals surface area contributed by atoms with E-state index in [1.54, 1.807) is 12.1 Å². The van der Waals surface area contributed by atoms with Gasteiger partial charge in [-0.25, -0.2) is 9.59 Å². The third-order valence-electron chi connectivity index (χ3n) is 4.02. The van der Waals surface area contributed by atoms with E-state index in [1.807, 2.05) is 0 Å². The SMILES string of the molecule is COC(=O)/C=C/c1ccc(NC(=O)Nc2ccc(Cl)c(C(F)(F)F)c2)c(-c2nn[nH]n2)c1. The lowest BCUT2D eigenvalue weighted by atomic mass is 10.1. The van der Waals surface area contributed by atoms with E-state index < -0.39 is 28.8 Å². The van der Waals surface area contributed by atoms with Crippen molar-refractivity contribution in [2.45, 2.75) is 6.18 Å². The highest BCUT2D eigenvalue weighted by Gasteiger charge is 2.33. The predicted octanol–water partition coefficient (Wildman–Crippen LogP) is 4.37. The van der Waals surface area contributed by atoms with Gasteiger partial charge in [-0.2, -0.15) is 18.4 Å². The van der Waals surface area contributed by atoms with Gasteiger partial charge in [-0.05, 0) is 47.2 Å². The number of aromatic amines is 1. The zero-order chi connectivity index (χ0) is 23.3. The summed E-state index contributed by atoms with van der Waals surface area (Å²) in [5.74, 6) is -0.423. The summed E-state index contributed by atoms with van der Waals surface area (Å²) in [5, 5.41) is 17.8. The van der Waals surface area contributed by atoms with Crippen LogP contribution in [0.2, 0.25) is 5.02 Å². The molecule has 13 heteroatoms. The summed E-state index contributed by atoms with van der Waals surface area (Å²) in [6, 6.07) is 6.84. The first-order valence-corrected chi connectivity index (χ1v) is 9.14. The maximum absolute atomic E-state index is 13.0. The molecule has 1 aromatic heterocycles. The van der Waals surface area contributed by atoms with Gasteiger partial charge in [0.1, 0.15) is 0 Å². The highest BCUT2D eigenvalue weighted by atomic mass is 35.5. The zero-order valence-corrected chi connectivity index (χ0v) is 17.0. The Morgan fingerprint density at radius 2 is 1.94 bits per heavy atom. The van der Waals surface area contributed by atoms with E-state index in [1.165, 1.54) is 31.4 Å². The fraction of sp³-hybridized carbons (Fsp3) is 0.105. The summed E-state index contributed by atoms with van der Waals surface area (Å²) in [6.45, 7) is 0. The van der Waals surface area contributed by atoms with Crippen molar-refractivity contribution in [1.29, 1.82) is 0 Å². The van der Waals surface area contributed by atoms with Crippen LogP contribution in [0.5, 0.6) is 0 Å². The molecule has 0 unspecified atom stereocenters. The van der Waals surface area contributed by atoms with Crippen molar-refractivity contribution in [3.63, 3.8) is 0 Å². The van der Waals surface area contributed by atoms with E-state index >= 15 is 0 Å². The number of anilines is 2. The molecule has 0 aliphatic carbocycles. The van der Waals surface area contributed by atoms with Crippen LogP contribution in [0.4, 0.5) is 29.3 Å². The van der Waals surface area contributed by atoms with Gasteiger partial charge >= 0.3 is 18.2 Å². The van der Waals surface area contributed by atoms with Gasteiger partial charge in [0.15, 0.2) is 0 Å². The first kappa shape index (κ1) is 22.7. The lowest BCUT2D eigenvalue weighted by molar-refractivity contribution is -0.137. The Morgan fingerprint density at radius 3 is 2.59 bits per heavy atom. The second-order valence-corrected chi connectivity index (χ2v) is 6.58. The first-order valence-electron chi connectivity index (χ1n) is 8.76. The molecule has 0 spiro atoms. The Kier molecular flexibility index (Phi) is 6.73. The Balaban J connectivity index is 1.84. The van der Waals surface area contributed by atoms with Crippen molar-refractivity contribution in [1.82, 2.24) is 20.6 Å². The molecule has 0 aliphatic heterocycles. The van der Waals surface area contributed by atoms with Crippen LogP contribution < -0.4 is 10.6 Å². The number of hydrogen-bond donors (Lipinski definition) is 3. The Labute approximate surface area is 183 Å². The van der Waals surface area contributed by atoms with Crippen LogP contribution in [0.3, 0.4) is 0 Å². The van der Waals surface area contributed by atoms with Crippen molar-refractivity contribution in [2.24, 2.45) is 0 Å². The van der Waals surface area contributed by atoms with Crippen molar-refractivity contribution >= 4 is 41.1 Å². The van der Waals surface area contributed by atoms with Crippen molar-refractivity contribution in [3.8, 4) is 11.4 Å². The van der Waals surface area contributed by atoms with Gasteiger partial charge in [-0.15, -0.1) is 10.2 Å². The fourth-order valence-corrected chi connectivity index (χ4v) is 2.80. The second-order valence-electron chi connectivity index (χ2n) is 6.17. The zero-order valence-electron chi connectivity index (χ0n) is 16.2. The highest BCUT2D eigenvalue weighted by molar-refractivity contribution is 6.31. The minimum Gasteiger partial charge on any atom is -0.466 e. The standard InChI is InChI=1S/C19H14ClF3N6O3/c1-32-16(30)7-3-10-2-6-15(12(8-10)17-26-28-29-27-17)25-18(31)24-11-4-5-14(20)13(9-11)19(21,22)23/h2-9H,1H3,(H2,24,25,31)(H,26,27,28,29)/b7-3+. The Hall–Kier alpha value is -3.93. The topological polar surface area (TPSA) is 122 Å². The van der Waals surface area contributed by atoms with E-state index in [-0.39, 0.29) is 17.2 Å². The summed E-state index contributed by atoms with van der Waals surface area (Å²) in [7, 11) is 1.24. The fourth-order valence-electron chi connectivity index (χ4n) is 2.57. The number of rotatable bonds is 5. The van der Waals surface area contributed by atoms with Gasteiger partial charge in [-0.1, -0.05) is 17.7 Å². The van der Waals surface area contributed by atoms with E-state index in [0.717, 1.165) is 12.1 Å². The summed E-state index contributed by atoms with van der Waals surface area (Å²) >= 11 is 5.59. The number of alkyl halides is 3. The van der Waals surface area contributed by atoms with E-state index in [9.17, 15) is 22.8 Å². The number of nitrogens with one attached hydrogen (secondary N) is 3. The Morgan fingerprint density at radius 1 is 1.16 bits per heavy atom. The number of carbonyl (C=O) groups is 2. The number of amides is 2. The van der Waals surface area contributed by atoms with Crippen LogP contribution in [0, 0.1) is 0 Å². The van der Waals surface area contributed by atoms with Crippen molar-refractivity contribution in [2.75, 3.05) is 17.7 Å². The molecule has 2 amide bonds. The van der Waals surface area contributed by atoms with Crippen LogP contribution in [-0.2, 0) is 15.7 Å². The lowest BCUT2D eigenvalue weighted by Crippen LogP contribution is -2.20. The Bertz CT molecular complexity index is 1170. The second kappa shape index (κ2) is 9.47. The molecule has 0 aliphatic rings. The van der Waals surface area contributed by atoms with Gasteiger partial charge in [0, 0.05) is 17.3 Å². The normalized spacial score (nSPS) is 11.4. The first-order chi connectivity index (χ1) is 15.2. The number of nitrogens with zero attached hydrogens (tertiary/aromatic N) is 3. The average Bonchev–Trinajstić information content (AvgIpc) is 3.28. The number of benzene rings is 2. The van der Waals surface area contributed by atoms with Gasteiger partial charge in [0.05, 0.1) is 23.4 Å². The van der Waals surface area contributed by atoms with Gasteiger partial charge in [-0.3, -0.25) is 0 Å². The molecular formula is C19H14ClF3N6O3. The van der Waals surface area contributed by atoms with Crippen molar-refractivity contribution < 1.29 is 27.5 Å². The smallest absolute Gasteiger partial charge is 0.417 e. The molecular weight excluding hydrogens is 453 g/mol. The number of tetrazole rings is 1. The molecule has 1 heterocycles. The number of urea groups is 1. The maximum Gasteiger partial charge on any atom is 0.417 e. The maximum atomic E-state index is 13.0. The van der Waals surface area contributed by atoms with E-state index in [0.29, 0.717) is 11.1 Å². The van der Waals surface area contributed by atoms with Crippen LogP contribution in [0.15, 0.2) is 42.5 Å². The number of H-pyrrole nitrogens is 1.